The van der Waals surface area contributed by atoms with Crippen molar-refractivity contribution in [3.05, 3.63) is 60.5 Å². The summed E-state index contributed by atoms with van der Waals surface area (Å²) in [6, 6.07) is 7.10. The van der Waals surface area contributed by atoms with Crippen LogP contribution in [0.5, 0.6) is 0 Å². The van der Waals surface area contributed by atoms with E-state index in [1.165, 1.54) is 23.7 Å². The van der Waals surface area contributed by atoms with Crippen molar-refractivity contribution in [1.82, 2.24) is 29.6 Å². The number of pyridine rings is 1. The van der Waals surface area contributed by atoms with Gasteiger partial charge in [-0.2, -0.15) is 5.10 Å². The van der Waals surface area contributed by atoms with E-state index in [1.54, 1.807) is 30.6 Å². The van der Waals surface area contributed by atoms with Crippen LogP contribution >= 0.6 is 11.3 Å². The molecule has 4 N–H and O–H groups in total. The molecule has 1 unspecified atom stereocenters. The van der Waals surface area contributed by atoms with Gasteiger partial charge in [-0.05, 0) is 43.2 Å². The number of thiophene rings is 1. The molecule has 1 aliphatic rings. The van der Waals surface area contributed by atoms with Crippen LogP contribution in [0.2, 0.25) is 0 Å². The number of hydrogen-bond donors (Lipinski definition) is 3. The van der Waals surface area contributed by atoms with Crippen LogP contribution in [0.1, 0.15) is 28.6 Å². The lowest BCUT2D eigenvalue weighted by atomic mass is 10.1. The van der Waals surface area contributed by atoms with Crippen molar-refractivity contribution < 1.29 is 9.90 Å². The lowest BCUT2D eigenvalue weighted by Gasteiger charge is -2.34. The Hall–Kier alpha value is -3.67. The third-order valence-corrected chi connectivity index (χ3v) is 6.97. The number of piperidine rings is 1. The van der Waals surface area contributed by atoms with Gasteiger partial charge in [0.2, 0.25) is 0 Å². The zero-order chi connectivity index (χ0) is 23.7. The molecule has 1 saturated heterocycles. The number of carbonyl (C=O) groups excluding carboxylic acids is 1. The molecule has 0 aliphatic carbocycles. The van der Waals surface area contributed by atoms with Crippen LogP contribution in [0, 0.1) is 0 Å². The Kier molecular flexibility index (Phi) is 6.05. The number of aliphatic hydroxyl groups is 1. The van der Waals surface area contributed by atoms with Crippen molar-refractivity contribution in [2.45, 2.75) is 25.1 Å². The Bertz CT molecular complexity index is 1340. The summed E-state index contributed by atoms with van der Waals surface area (Å²) >= 11 is 1.33. The second kappa shape index (κ2) is 9.29. The minimum Gasteiger partial charge on any atom is -0.383 e. The maximum atomic E-state index is 12.7. The minimum absolute atomic E-state index is 0.00308. The maximum Gasteiger partial charge on any atom is 0.265 e. The molecule has 1 fully saturated rings. The molecule has 1 amide bonds. The van der Waals surface area contributed by atoms with E-state index in [-0.39, 0.29) is 11.9 Å². The number of rotatable bonds is 6. The Morgan fingerprint density at radius 3 is 2.91 bits per heavy atom. The highest BCUT2D eigenvalue weighted by Crippen LogP contribution is 2.37. The van der Waals surface area contributed by atoms with Crippen LogP contribution < -0.4 is 11.1 Å². The predicted molar refractivity (Wildman–Crippen MR) is 131 cm³/mol. The van der Waals surface area contributed by atoms with Crippen molar-refractivity contribution in [2.24, 2.45) is 0 Å². The average Bonchev–Trinajstić information content (AvgIpc) is 3.50. The molecule has 5 heterocycles. The van der Waals surface area contributed by atoms with E-state index in [0.29, 0.717) is 39.7 Å². The number of aliphatic hydroxyl groups excluding tert-OH is 1. The number of nitrogens with one attached hydrogen (secondary N) is 1. The van der Waals surface area contributed by atoms with Gasteiger partial charge >= 0.3 is 0 Å². The number of nitrogens with two attached hydrogens (primary N) is 1. The molecule has 11 heteroatoms. The predicted octanol–water partition coefficient (Wildman–Crippen LogP) is 2.93. The number of hydrogen-bond acceptors (Lipinski definition) is 9. The van der Waals surface area contributed by atoms with Crippen molar-refractivity contribution in [1.29, 1.82) is 0 Å². The first kappa shape index (κ1) is 22.1. The summed E-state index contributed by atoms with van der Waals surface area (Å²) in [5, 5.41) is 18.7. The largest absolute Gasteiger partial charge is 0.383 e. The molecule has 5 rings (SSSR count). The van der Waals surface area contributed by atoms with E-state index >= 15 is 0 Å². The molecule has 0 aromatic carbocycles. The highest BCUT2D eigenvalue weighted by Gasteiger charge is 2.29. The molecule has 2 atom stereocenters. The van der Waals surface area contributed by atoms with Gasteiger partial charge in [0.1, 0.15) is 24.1 Å². The second-order valence-corrected chi connectivity index (χ2v) is 9.13. The molecule has 174 valence electrons. The Balaban J connectivity index is 1.49. The Labute approximate surface area is 199 Å². The molecule has 0 radical (unpaired) electrons. The van der Waals surface area contributed by atoms with E-state index in [0.717, 1.165) is 24.3 Å². The molecule has 0 bridgehead atoms. The summed E-state index contributed by atoms with van der Waals surface area (Å²) in [5.41, 5.74) is 8.21. The minimum atomic E-state index is -0.706. The lowest BCUT2D eigenvalue weighted by molar-refractivity contribution is 0.0127. The van der Waals surface area contributed by atoms with Gasteiger partial charge in [0.25, 0.3) is 5.91 Å². The SMILES string of the molecule is C=CC(O)N1CCC[C@@H](n2nc(-c3ccc(C(=O)Nc4ccncc4)s3)c3c(N)ncnc32)C1. The zero-order valence-electron chi connectivity index (χ0n) is 18.3. The smallest absolute Gasteiger partial charge is 0.265 e. The lowest BCUT2D eigenvalue weighted by Crippen LogP contribution is -2.42. The third-order valence-electron chi connectivity index (χ3n) is 5.88. The van der Waals surface area contributed by atoms with Crippen LogP contribution in [0.25, 0.3) is 21.6 Å². The normalized spacial score (nSPS) is 17.5. The topological polar surface area (TPSA) is 135 Å². The second-order valence-electron chi connectivity index (χ2n) is 8.04. The third kappa shape index (κ3) is 4.16. The average molecular weight is 477 g/mol. The van der Waals surface area contributed by atoms with Gasteiger partial charge in [-0.15, -0.1) is 11.3 Å². The Morgan fingerprint density at radius 1 is 1.29 bits per heavy atom. The number of likely N-dealkylation sites (tertiary alicyclic amines) is 1. The van der Waals surface area contributed by atoms with Crippen molar-refractivity contribution in [3.63, 3.8) is 0 Å². The van der Waals surface area contributed by atoms with Gasteiger partial charge in [-0.1, -0.05) is 6.58 Å². The quantitative estimate of drug-likeness (QED) is 0.362. The van der Waals surface area contributed by atoms with E-state index in [2.05, 4.69) is 26.8 Å². The highest BCUT2D eigenvalue weighted by molar-refractivity contribution is 7.17. The molecular formula is C23H24N8O2S. The van der Waals surface area contributed by atoms with Crippen molar-refractivity contribution in [2.75, 3.05) is 24.1 Å². The van der Waals surface area contributed by atoms with Crippen LogP contribution in [-0.2, 0) is 0 Å². The first-order chi connectivity index (χ1) is 16.5. The summed E-state index contributed by atoms with van der Waals surface area (Å²) in [4.78, 5) is 28.7. The molecule has 4 aromatic heterocycles. The van der Waals surface area contributed by atoms with Crippen LogP contribution in [0.3, 0.4) is 0 Å². The van der Waals surface area contributed by atoms with Crippen molar-refractivity contribution in [3.8, 4) is 10.6 Å². The van der Waals surface area contributed by atoms with Gasteiger partial charge in [0.15, 0.2) is 5.65 Å². The molecule has 0 spiro atoms. The highest BCUT2D eigenvalue weighted by atomic mass is 32.1. The fourth-order valence-corrected chi connectivity index (χ4v) is 5.10. The molecule has 4 aromatic rings. The summed E-state index contributed by atoms with van der Waals surface area (Å²) < 4.78 is 1.88. The van der Waals surface area contributed by atoms with Gasteiger partial charge < -0.3 is 16.2 Å². The molecular weight excluding hydrogens is 452 g/mol. The van der Waals surface area contributed by atoms with E-state index < -0.39 is 6.23 Å². The van der Waals surface area contributed by atoms with Crippen LogP contribution in [-0.4, -0.2) is 60.0 Å². The first-order valence-electron chi connectivity index (χ1n) is 10.9. The van der Waals surface area contributed by atoms with Gasteiger partial charge in [-0.3, -0.25) is 14.7 Å². The summed E-state index contributed by atoms with van der Waals surface area (Å²) in [5.74, 6) is 0.123. The number of fused-ring (bicyclic) bond motifs is 1. The molecule has 34 heavy (non-hydrogen) atoms. The number of nitrogens with zero attached hydrogens (tertiary/aromatic N) is 6. The van der Waals surface area contributed by atoms with Crippen LogP contribution in [0.4, 0.5) is 11.5 Å². The molecule has 10 nitrogen and oxygen atoms in total. The van der Waals surface area contributed by atoms with E-state index in [9.17, 15) is 9.90 Å². The summed E-state index contributed by atoms with van der Waals surface area (Å²) in [6.07, 6.45) is 7.30. The fourth-order valence-electron chi connectivity index (χ4n) is 4.21. The number of nitrogen functional groups attached to an aromatic ring is 1. The van der Waals surface area contributed by atoms with Crippen LogP contribution in [0.15, 0.2) is 55.6 Å². The van der Waals surface area contributed by atoms with E-state index in [1.807, 2.05) is 15.6 Å². The molecule has 1 aliphatic heterocycles. The number of amides is 1. The number of carbonyl (C=O) groups is 1. The number of aromatic nitrogens is 5. The first-order valence-corrected chi connectivity index (χ1v) is 11.7. The zero-order valence-corrected chi connectivity index (χ0v) is 19.1. The van der Waals surface area contributed by atoms with Gasteiger partial charge in [0, 0.05) is 31.2 Å². The standard InChI is InChI=1S/C23H24N8O2S/c1-2-18(32)30-11-3-4-15(12-30)31-22-19(21(24)26-13-27-22)20(29-31)16-5-6-17(34-16)23(33)28-14-7-9-25-10-8-14/h2,5-10,13,15,18,32H,1,3-4,11-12H2,(H2,24,26,27)(H,25,28,33)/t15-,18?/m1/s1. The summed E-state index contributed by atoms with van der Waals surface area (Å²) in [7, 11) is 0. The summed E-state index contributed by atoms with van der Waals surface area (Å²) in [6.45, 7) is 5.09. The van der Waals surface area contributed by atoms with Crippen molar-refractivity contribution >= 4 is 39.8 Å². The monoisotopic (exact) mass is 476 g/mol. The Morgan fingerprint density at radius 2 is 2.12 bits per heavy atom. The van der Waals surface area contributed by atoms with Gasteiger partial charge in [-0.25, -0.2) is 14.6 Å². The maximum absolute atomic E-state index is 12.7. The van der Waals surface area contributed by atoms with Gasteiger partial charge in [0.05, 0.1) is 21.2 Å². The number of anilines is 2. The van der Waals surface area contributed by atoms with E-state index in [4.69, 9.17) is 10.8 Å². The molecule has 0 saturated carbocycles. The fraction of sp³-hybridized carbons (Fsp3) is 0.261.